The van der Waals surface area contributed by atoms with E-state index in [0.29, 0.717) is 6.42 Å². The van der Waals surface area contributed by atoms with Gasteiger partial charge in [0, 0.05) is 0 Å². The zero-order chi connectivity index (χ0) is 7.02. The van der Waals surface area contributed by atoms with Crippen molar-refractivity contribution in [1.29, 1.82) is 0 Å². The van der Waals surface area contributed by atoms with Crippen molar-refractivity contribution >= 4 is 46.4 Å². The summed E-state index contributed by atoms with van der Waals surface area (Å²) < 4.78 is 0. The first-order valence-electron chi connectivity index (χ1n) is 2.69. The lowest BCUT2D eigenvalue weighted by Gasteiger charge is -2.07. The fourth-order valence-corrected chi connectivity index (χ4v) is 2.37. The molecule has 1 rings (SSSR count). The van der Waals surface area contributed by atoms with Crippen molar-refractivity contribution in [2.45, 2.75) is 27.9 Å². The van der Waals surface area contributed by atoms with Gasteiger partial charge in [0.15, 0.2) is 0 Å². The van der Waals surface area contributed by atoms with E-state index < -0.39 is 0 Å². The Balaban J connectivity index is 2.54. The molecule has 4 atom stereocenters. The molecule has 0 aliphatic heterocycles. The summed E-state index contributed by atoms with van der Waals surface area (Å²) in [7, 11) is 0. The van der Waals surface area contributed by atoms with E-state index in [-0.39, 0.29) is 21.5 Å². The molecule has 0 radical (unpaired) electrons. The van der Waals surface area contributed by atoms with E-state index in [4.69, 9.17) is 46.4 Å². The molecule has 0 aromatic carbocycles. The molecule has 9 heavy (non-hydrogen) atoms. The monoisotopic (exact) mass is 206 g/mol. The Bertz CT molecular complexity index is 93.1. The largest absolute Gasteiger partial charge is 0.121 e. The van der Waals surface area contributed by atoms with Gasteiger partial charge in [-0.15, -0.1) is 46.4 Å². The van der Waals surface area contributed by atoms with Gasteiger partial charge in [-0.25, -0.2) is 0 Å². The lowest BCUT2D eigenvalue weighted by Crippen LogP contribution is -2.17. The van der Waals surface area contributed by atoms with Crippen LogP contribution in [-0.2, 0) is 0 Å². The summed E-state index contributed by atoms with van der Waals surface area (Å²) in [4.78, 5) is 0. The van der Waals surface area contributed by atoms with Crippen LogP contribution in [0.2, 0.25) is 0 Å². The number of hydrogen-bond donors (Lipinski definition) is 0. The quantitative estimate of drug-likeness (QED) is 0.537. The van der Waals surface area contributed by atoms with Gasteiger partial charge in [-0.3, -0.25) is 0 Å². The Morgan fingerprint density at radius 2 is 1.11 bits per heavy atom. The van der Waals surface area contributed by atoms with Crippen LogP contribution in [0.5, 0.6) is 0 Å². The molecule has 0 unspecified atom stereocenters. The maximum atomic E-state index is 5.76. The highest BCUT2D eigenvalue weighted by molar-refractivity contribution is 6.39. The molecule has 0 saturated heterocycles. The molecule has 0 aromatic rings. The average Bonchev–Trinajstić information content (AvgIpc) is 1.98. The first kappa shape index (κ1) is 8.26. The van der Waals surface area contributed by atoms with Crippen molar-refractivity contribution in [2.75, 3.05) is 0 Å². The van der Waals surface area contributed by atoms with Gasteiger partial charge >= 0.3 is 0 Å². The molecule has 54 valence electrons. The third kappa shape index (κ3) is 1.59. The van der Waals surface area contributed by atoms with Crippen molar-refractivity contribution < 1.29 is 0 Å². The van der Waals surface area contributed by atoms with Crippen LogP contribution in [0.3, 0.4) is 0 Å². The normalized spacial score (nSPS) is 52.0. The Morgan fingerprint density at radius 1 is 0.778 bits per heavy atom. The highest BCUT2D eigenvalue weighted by Crippen LogP contribution is 2.36. The Kier molecular flexibility index (Phi) is 2.79. The van der Waals surface area contributed by atoms with Gasteiger partial charge in [0.25, 0.3) is 0 Å². The molecule has 0 heterocycles. The molecule has 0 aromatic heterocycles. The van der Waals surface area contributed by atoms with Crippen LogP contribution < -0.4 is 0 Å². The second-order valence-electron chi connectivity index (χ2n) is 2.16. The van der Waals surface area contributed by atoms with Crippen LogP contribution in [0.1, 0.15) is 6.42 Å². The highest BCUT2D eigenvalue weighted by Gasteiger charge is 2.39. The SMILES string of the molecule is Cl[C@H]1[C@H](Cl)[C@H](Cl)C[C@H]1Cl. The topological polar surface area (TPSA) is 0 Å². The molecule has 4 heteroatoms. The van der Waals surface area contributed by atoms with Gasteiger partial charge < -0.3 is 0 Å². The molecule has 0 spiro atoms. The molecule has 0 nitrogen and oxygen atoms in total. The van der Waals surface area contributed by atoms with Gasteiger partial charge in [0.1, 0.15) is 0 Å². The van der Waals surface area contributed by atoms with Gasteiger partial charge in [-0.1, -0.05) is 0 Å². The van der Waals surface area contributed by atoms with Crippen LogP contribution in [0.4, 0.5) is 0 Å². The second-order valence-corrected chi connectivity index (χ2v) is 4.29. The summed E-state index contributed by atoms with van der Waals surface area (Å²) in [5.74, 6) is 0. The van der Waals surface area contributed by atoms with E-state index in [2.05, 4.69) is 0 Å². The van der Waals surface area contributed by atoms with Crippen LogP contribution in [0.25, 0.3) is 0 Å². The molecule has 0 amide bonds. The second kappa shape index (κ2) is 3.04. The third-order valence-corrected chi connectivity index (χ3v) is 3.88. The molecule has 1 aliphatic carbocycles. The molecule has 0 bridgehead atoms. The van der Waals surface area contributed by atoms with E-state index in [9.17, 15) is 0 Å². The number of rotatable bonds is 0. The Labute approximate surface area is 74.4 Å². The first-order valence-corrected chi connectivity index (χ1v) is 4.44. The fraction of sp³-hybridized carbons (Fsp3) is 1.00. The van der Waals surface area contributed by atoms with Gasteiger partial charge in [0.2, 0.25) is 0 Å². The first-order chi connectivity index (χ1) is 4.13. The number of halogens is 4. The fourth-order valence-electron chi connectivity index (χ4n) is 0.874. The number of alkyl halides is 4. The molecule has 0 N–H and O–H groups in total. The van der Waals surface area contributed by atoms with Gasteiger partial charge in [-0.2, -0.15) is 0 Å². The minimum absolute atomic E-state index is 0.0586. The molecular formula is C5H6Cl4. The van der Waals surface area contributed by atoms with E-state index in [0.717, 1.165) is 0 Å². The van der Waals surface area contributed by atoms with E-state index in [1.165, 1.54) is 0 Å². The lowest BCUT2D eigenvalue weighted by atomic mass is 10.4. The molecular weight excluding hydrogens is 202 g/mol. The maximum Gasteiger partial charge on any atom is 0.0678 e. The zero-order valence-corrected chi connectivity index (χ0v) is 7.55. The van der Waals surface area contributed by atoms with E-state index in [1.54, 1.807) is 0 Å². The summed E-state index contributed by atoms with van der Waals surface area (Å²) in [6, 6.07) is 0. The average molecular weight is 208 g/mol. The zero-order valence-electron chi connectivity index (χ0n) is 4.53. The van der Waals surface area contributed by atoms with Crippen molar-refractivity contribution in [3.63, 3.8) is 0 Å². The van der Waals surface area contributed by atoms with Gasteiger partial charge in [0.05, 0.1) is 21.5 Å². The van der Waals surface area contributed by atoms with Crippen LogP contribution in [0, 0.1) is 0 Å². The molecule has 1 fully saturated rings. The van der Waals surface area contributed by atoms with Gasteiger partial charge in [-0.05, 0) is 6.42 Å². The molecule has 1 saturated carbocycles. The number of hydrogen-bond acceptors (Lipinski definition) is 0. The van der Waals surface area contributed by atoms with Crippen molar-refractivity contribution in [1.82, 2.24) is 0 Å². The summed E-state index contributed by atoms with van der Waals surface area (Å²) >= 11 is 23.0. The van der Waals surface area contributed by atoms with Crippen molar-refractivity contribution in [3.05, 3.63) is 0 Å². The van der Waals surface area contributed by atoms with Crippen LogP contribution in [0.15, 0.2) is 0 Å². The Hall–Kier alpha value is 1.16. The van der Waals surface area contributed by atoms with Crippen molar-refractivity contribution in [2.24, 2.45) is 0 Å². The van der Waals surface area contributed by atoms with Crippen LogP contribution in [-0.4, -0.2) is 21.5 Å². The smallest absolute Gasteiger partial charge is 0.0678 e. The summed E-state index contributed by atoms with van der Waals surface area (Å²) in [6.45, 7) is 0. The molecule has 1 aliphatic rings. The highest BCUT2D eigenvalue weighted by atomic mass is 35.5. The summed E-state index contributed by atoms with van der Waals surface area (Å²) in [5.41, 5.74) is 0. The predicted octanol–water partition coefficient (Wildman–Crippen LogP) is 2.82. The van der Waals surface area contributed by atoms with E-state index >= 15 is 0 Å². The van der Waals surface area contributed by atoms with Crippen molar-refractivity contribution in [3.8, 4) is 0 Å². The third-order valence-electron chi connectivity index (χ3n) is 1.45. The van der Waals surface area contributed by atoms with E-state index in [1.807, 2.05) is 0 Å². The van der Waals surface area contributed by atoms with Crippen LogP contribution >= 0.6 is 46.4 Å². The Morgan fingerprint density at radius 3 is 1.22 bits per heavy atom. The minimum atomic E-state index is -0.171. The standard InChI is InChI=1S/C5H6Cl4/c6-2-1-3(7)5(9)4(2)8/h2-5H,1H2/t2-,3-,4-,5-/m1/s1. The summed E-state index contributed by atoms with van der Waals surface area (Å²) in [6.07, 6.45) is 0.714. The minimum Gasteiger partial charge on any atom is -0.121 e. The maximum absolute atomic E-state index is 5.76. The summed E-state index contributed by atoms with van der Waals surface area (Å²) in [5, 5.41) is -0.458. The predicted molar refractivity (Wildman–Crippen MR) is 43.2 cm³/mol. The lowest BCUT2D eigenvalue weighted by molar-refractivity contribution is 0.901.